The van der Waals surface area contributed by atoms with Gasteiger partial charge in [-0.1, -0.05) is 64.1 Å². The van der Waals surface area contributed by atoms with Gasteiger partial charge in [-0.2, -0.15) is 5.10 Å². The van der Waals surface area contributed by atoms with E-state index in [4.69, 9.17) is 20.2 Å². The van der Waals surface area contributed by atoms with E-state index in [-0.39, 0.29) is 52.9 Å². The second-order valence-corrected chi connectivity index (χ2v) is 19.8. The van der Waals surface area contributed by atoms with Crippen molar-refractivity contribution in [1.29, 1.82) is 0 Å². The van der Waals surface area contributed by atoms with Crippen LogP contribution in [0.1, 0.15) is 115 Å². The van der Waals surface area contributed by atoms with Gasteiger partial charge in [-0.25, -0.2) is 33.4 Å². The molecule has 1 unspecified atom stereocenters. The molecule has 0 spiro atoms. The molecule has 0 saturated carbocycles. The fraction of sp³-hybridized carbons (Fsp3) is 0.368. The Hall–Kier alpha value is -7.67. The number of aromatic amines is 1. The van der Waals surface area contributed by atoms with Crippen molar-refractivity contribution in [3.8, 4) is 40.0 Å². The lowest BCUT2D eigenvalue weighted by atomic mass is 9.85. The predicted molar refractivity (Wildman–Crippen MR) is 281 cm³/mol. The molecule has 11 rings (SSSR count). The van der Waals surface area contributed by atoms with Gasteiger partial charge in [0, 0.05) is 61.4 Å². The number of aromatic nitrogens is 5. The van der Waals surface area contributed by atoms with Gasteiger partial charge in [0.25, 0.3) is 5.56 Å². The van der Waals surface area contributed by atoms with Crippen molar-refractivity contribution in [3.05, 3.63) is 155 Å². The Morgan fingerprint density at radius 3 is 2.23 bits per heavy atom. The Morgan fingerprint density at radius 1 is 0.907 bits per heavy atom. The number of piperidine rings is 1. The highest BCUT2D eigenvalue weighted by molar-refractivity contribution is 5.92. The van der Waals surface area contributed by atoms with Crippen LogP contribution in [0.25, 0.3) is 39.4 Å². The Labute approximate surface area is 433 Å². The largest absolute Gasteiger partial charge is 0.508 e. The zero-order chi connectivity index (χ0) is 53.4. The van der Waals surface area contributed by atoms with Crippen LogP contribution in [0, 0.1) is 12.7 Å². The number of primary amides is 1. The first-order valence-electron chi connectivity index (χ1n) is 25.6. The number of nitrogens with one attached hydrogen (secondary N) is 1. The maximum Gasteiger partial charge on any atom is 0.404 e. The highest BCUT2D eigenvalue weighted by atomic mass is 19.1. The van der Waals surface area contributed by atoms with Crippen LogP contribution in [0.3, 0.4) is 0 Å². The van der Waals surface area contributed by atoms with Crippen molar-refractivity contribution in [2.75, 3.05) is 20.1 Å². The van der Waals surface area contributed by atoms with Crippen molar-refractivity contribution in [1.82, 2.24) is 34.1 Å². The molecule has 1 fully saturated rings. The number of hydrogen-bond acceptors (Lipinski definition) is 13. The van der Waals surface area contributed by atoms with E-state index in [1.54, 1.807) is 23.6 Å². The zero-order valence-corrected chi connectivity index (χ0v) is 43.1. The number of nitrogens with zero attached hydrogens (tertiary/aromatic N) is 6. The Bertz CT molecular complexity index is 3430. The highest BCUT2D eigenvalue weighted by Crippen LogP contribution is 2.42. The molecule has 1 amide bonds. The molecule has 1 saturated heterocycles. The molecule has 75 heavy (non-hydrogen) atoms. The van der Waals surface area contributed by atoms with Crippen LogP contribution < -0.4 is 17.0 Å². The number of carbonyl (C=O) groups excluding carboxylic acids is 2. The van der Waals surface area contributed by atoms with Crippen molar-refractivity contribution in [2.24, 2.45) is 5.73 Å². The van der Waals surface area contributed by atoms with E-state index in [1.807, 2.05) is 52.0 Å². The average Bonchev–Trinajstić information content (AvgIpc) is 3.98. The maximum atomic E-state index is 14.5. The number of fused-ring (bicyclic) bond motifs is 5. The molecular weight excluding hydrogens is 960 g/mol. The van der Waals surface area contributed by atoms with Crippen LogP contribution in [0.15, 0.2) is 82.4 Å². The molecule has 7 aromatic rings. The third kappa shape index (κ3) is 10.4. The lowest BCUT2D eigenvalue weighted by molar-refractivity contribution is -0.157. The number of aryl methyl sites for hydroxylation is 2. The van der Waals surface area contributed by atoms with Gasteiger partial charge in [-0.05, 0) is 115 Å². The average molecular weight is 1020 g/mol. The summed E-state index contributed by atoms with van der Waals surface area (Å²) in [4.78, 5) is 57.9. The van der Waals surface area contributed by atoms with E-state index in [2.05, 4.69) is 51.3 Å². The normalized spacial score (nSPS) is 15.9. The number of nitrogens with two attached hydrogens (primary N) is 1. The SMILES string of the molecule is CC.CC(C)c1cc(-c2n[nH]c(=O)n2-c2ccc(CN(C)Cc3ccc(CN4CCC(OC(N)=O)CC4)cc3)cc2)c(O)cc1O.Cc1c(F)cc2nc3c(c4c2c1CCC4)Cn1c-3cc2c(c1=O)COC(=O)C2O. The number of benzene rings is 4. The second-order valence-electron chi connectivity index (χ2n) is 19.8. The molecule has 17 nitrogen and oxygen atoms in total. The zero-order valence-electron chi connectivity index (χ0n) is 43.1. The van der Waals surface area contributed by atoms with Gasteiger partial charge in [0.2, 0.25) is 0 Å². The molecule has 4 aromatic carbocycles. The number of phenolic OH excluding ortho intramolecular Hbond substituents is 2. The van der Waals surface area contributed by atoms with Crippen LogP contribution in [0.4, 0.5) is 9.18 Å². The van der Waals surface area contributed by atoms with E-state index >= 15 is 0 Å². The smallest absolute Gasteiger partial charge is 0.404 e. The fourth-order valence-corrected chi connectivity index (χ4v) is 10.8. The van der Waals surface area contributed by atoms with Crippen molar-refractivity contribution >= 4 is 23.0 Å². The molecule has 6 N–H and O–H groups in total. The number of aliphatic hydroxyl groups excluding tert-OH is 1. The third-order valence-corrected chi connectivity index (χ3v) is 14.6. The lowest BCUT2D eigenvalue weighted by Gasteiger charge is -2.31. The minimum absolute atomic E-state index is 0.000862. The molecule has 4 aliphatic rings. The van der Waals surface area contributed by atoms with E-state index in [0.717, 1.165) is 85.9 Å². The standard InChI is InChI=1S/C33H40N6O5.C22H17FN2O4.C2H6/c1-21(2)27-16-28(30(41)17-29(27)40)31-35-36-33(43)39(31)25-10-8-23(9-11-25)19-37(3)18-22-4-6-24(7-5-22)20-38-14-12-26(13-15-38)44-32(34)42;1-9-10-3-2-4-11-13-7-25-17(19(13)24-16(18(10)11)6-15(9)23)5-12-14(21(25)27)8-29-22(28)20(12)26;1-2/h4-11,16-17,21,26,40-41H,12-15,18-20H2,1-3H3,(H2,34,42)(H,36,43);5-6,20,26H,2-4,7-8H2,1H3;1-2H3. The molecule has 6 heterocycles. The minimum Gasteiger partial charge on any atom is -0.508 e. The van der Waals surface area contributed by atoms with Crippen molar-refractivity contribution in [3.63, 3.8) is 0 Å². The quantitative estimate of drug-likeness (QED) is 0.0821. The maximum absolute atomic E-state index is 14.5. The number of hydrogen-bond donors (Lipinski definition) is 5. The van der Waals surface area contributed by atoms with E-state index in [0.29, 0.717) is 57.9 Å². The monoisotopic (exact) mass is 1020 g/mol. The van der Waals surface area contributed by atoms with Gasteiger partial charge in [-0.3, -0.25) is 14.6 Å². The van der Waals surface area contributed by atoms with Gasteiger partial charge in [0.1, 0.15) is 30.0 Å². The molecule has 18 heteroatoms. The molecule has 3 aliphatic heterocycles. The number of phenols is 2. The summed E-state index contributed by atoms with van der Waals surface area (Å²) in [6.07, 6.45) is 1.93. The van der Waals surface area contributed by atoms with Crippen LogP contribution in [0.5, 0.6) is 11.5 Å². The van der Waals surface area contributed by atoms with Crippen molar-refractivity contribution < 1.29 is 38.8 Å². The van der Waals surface area contributed by atoms with Crippen LogP contribution in [-0.2, 0) is 59.9 Å². The van der Waals surface area contributed by atoms with Gasteiger partial charge >= 0.3 is 17.8 Å². The molecule has 1 aliphatic carbocycles. The summed E-state index contributed by atoms with van der Waals surface area (Å²) in [6.45, 7) is 14.0. The van der Waals surface area contributed by atoms with Crippen LogP contribution in [-0.4, -0.2) is 87.7 Å². The number of aliphatic hydroxyl groups is 1. The topological polar surface area (TPSA) is 231 Å². The number of likely N-dealkylation sites (tertiary alicyclic amines) is 1. The number of carbonyl (C=O) groups is 2. The first kappa shape index (κ1) is 52.2. The number of aromatic hydroxyl groups is 2. The van der Waals surface area contributed by atoms with Crippen LogP contribution in [0.2, 0.25) is 0 Å². The van der Waals surface area contributed by atoms with Gasteiger partial charge < -0.3 is 35.1 Å². The number of cyclic esters (lactones) is 1. The van der Waals surface area contributed by atoms with E-state index in [9.17, 15) is 38.9 Å². The van der Waals surface area contributed by atoms with Crippen LogP contribution >= 0.6 is 0 Å². The Morgan fingerprint density at radius 2 is 1.56 bits per heavy atom. The summed E-state index contributed by atoms with van der Waals surface area (Å²) in [7, 11) is 2.07. The Kier molecular flexibility index (Phi) is 15.1. The van der Waals surface area contributed by atoms with Crippen molar-refractivity contribution in [2.45, 2.75) is 118 Å². The minimum atomic E-state index is -1.48. The summed E-state index contributed by atoms with van der Waals surface area (Å²) in [5.74, 6) is -0.903. The number of H-pyrrole nitrogens is 1. The summed E-state index contributed by atoms with van der Waals surface area (Å²) in [6, 6.07) is 22.4. The van der Waals surface area contributed by atoms with E-state index in [1.165, 1.54) is 27.8 Å². The molecule has 392 valence electrons. The Balaban J connectivity index is 0.000000191. The number of halogens is 1. The number of rotatable bonds is 10. The molecule has 1 atom stereocenters. The number of esters is 1. The van der Waals surface area contributed by atoms with Gasteiger partial charge in [-0.15, -0.1) is 0 Å². The van der Waals surface area contributed by atoms with Gasteiger partial charge in [0.15, 0.2) is 11.9 Å². The third-order valence-electron chi connectivity index (χ3n) is 14.6. The first-order chi connectivity index (χ1) is 36.0. The first-order valence-corrected chi connectivity index (χ1v) is 25.6. The molecular formula is C57H63FN8O9. The lowest BCUT2D eigenvalue weighted by Crippen LogP contribution is -2.38. The van der Waals surface area contributed by atoms with E-state index < -0.39 is 23.9 Å². The fourth-order valence-electron chi connectivity index (χ4n) is 10.8. The molecule has 0 bridgehead atoms. The number of amides is 1. The number of ether oxygens (including phenoxy) is 2. The molecule has 3 aromatic heterocycles. The summed E-state index contributed by atoms with van der Waals surface area (Å²) in [5.41, 5.74) is 15.8. The van der Waals surface area contributed by atoms with Gasteiger partial charge in [0.05, 0.1) is 40.3 Å². The predicted octanol–water partition coefficient (Wildman–Crippen LogP) is 7.93. The second kappa shape index (κ2) is 21.7. The summed E-state index contributed by atoms with van der Waals surface area (Å²) < 4.78 is 27.6. The number of pyridine rings is 2. The molecule has 0 radical (unpaired) electrons. The summed E-state index contributed by atoms with van der Waals surface area (Å²) >= 11 is 0. The summed E-state index contributed by atoms with van der Waals surface area (Å²) in [5, 5.41) is 38.7. The highest BCUT2D eigenvalue weighted by Gasteiger charge is 2.36.